The molecule has 24 heteroatoms. The molecule has 0 aromatic heterocycles. The Labute approximate surface area is 532 Å². The molecule has 10 amide bonds. The molecule has 12 atom stereocenters. The summed E-state index contributed by atoms with van der Waals surface area (Å²) in [6, 6.07) is -11.6. The highest BCUT2D eigenvalue weighted by atomic mass is 32.1. The molecule has 0 spiro atoms. The molecule has 1 aliphatic heterocycles. The number of amides is 10. The van der Waals surface area contributed by atoms with Crippen molar-refractivity contribution in [2.75, 3.05) is 55.9 Å². The standard InChI is InChI=1S/C64H113N11O12S/c1-26-28-29-41(15)54(87-44(18)76)53-57(80)67-45(27-2)60(82)69(19)34-50(77)70(20)46(30-35(3)4)56(79)68-51(39(11)12)63(85)71(21)47(31-36(5)6)55(78)65-42(16)58(88)66-43(17)59(81)72(22)48(32-37(7)8)61(83)73(23)49(33-38(9)10)62(84)74(24)52(40(13)14)64(86)75(53)25/h26,28,35-43,45-49,51-54H,27,29-34H2,1-25H3,(H,65,78)(H,66,88)(H,67,80)(H,68,79)/b28-26+/t41-,42+,43-,45+,46+,47+,48+,49+,51+,52+,53+,54-/m1/s1. The second kappa shape index (κ2) is 36.5. The number of hydrogen-bond donors (Lipinski definition) is 4. The number of esters is 1. The van der Waals surface area contributed by atoms with Crippen LogP contribution in [0.1, 0.15) is 163 Å². The van der Waals surface area contributed by atoms with Crippen molar-refractivity contribution in [3.05, 3.63) is 12.2 Å². The van der Waals surface area contributed by atoms with Crippen LogP contribution in [0.25, 0.3) is 0 Å². The monoisotopic (exact) mass is 1260 g/mol. The third-order valence-corrected chi connectivity index (χ3v) is 16.8. The van der Waals surface area contributed by atoms with E-state index in [1.807, 2.05) is 61.5 Å². The molecule has 1 fully saturated rings. The second-order valence-electron chi connectivity index (χ2n) is 26.7. The van der Waals surface area contributed by atoms with Gasteiger partial charge in [0.15, 0.2) is 0 Å². The number of carbonyl (C=O) groups excluding carboxylic acids is 11. The predicted molar refractivity (Wildman–Crippen MR) is 346 cm³/mol. The van der Waals surface area contributed by atoms with E-state index in [0.717, 1.165) is 9.80 Å². The van der Waals surface area contributed by atoms with Crippen LogP contribution in [0.5, 0.6) is 0 Å². The highest BCUT2D eigenvalue weighted by Crippen LogP contribution is 2.27. The van der Waals surface area contributed by atoms with Crippen molar-refractivity contribution in [3.63, 3.8) is 0 Å². The summed E-state index contributed by atoms with van der Waals surface area (Å²) in [6.07, 6.45) is 3.36. The van der Waals surface area contributed by atoms with E-state index in [1.165, 1.54) is 80.8 Å². The second-order valence-corrected chi connectivity index (χ2v) is 27.1. The average molecular weight is 1260 g/mol. The Morgan fingerprint density at radius 1 is 0.523 bits per heavy atom. The predicted octanol–water partition coefficient (Wildman–Crippen LogP) is 4.64. The first-order chi connectivity index (χ1) is 40.6. The van der Waals surface area contributed by atoms with Crippen LogP contribution in [-0.4, -0.2) is 227 Å². The van der Waals surface area contributed by atoms with Crippen LogP contribution in [-0.2, 0) is 57.5 Å². The normalized spacial score (nSPS) is 26.3. The minimum absolute atomic E-state index is 0.00645. The minimum atomic E-state index is -1.59. The van der Waals surface area contributed by atoms with Gasteiger partial charge in [-0.2, -0.15) is 0 Å². The van der Waals surface area contributed by atoms with Crippen molar-refractivity contribution in [2.45, 2.75) is 230 Å². The van der Waals surface area contributed by atoms with Crippen LogP contribution in [0.3, 0.4) is 0 Å². The van der Waals surface area contributed by atoms with Gasteiger partial charge in [-0.25, -0.2) is 0 Å². The van der Waals surface area contributed by atoms with Crippen LogP contribution in [0.15, 0.2) is 12.2 Å². The summed E-state index contributed by atoms with van der Waals surface area (Å²) in [5.74, 6) is -9.25. The summed E-state index contributed by atoms with van der Waals surface area (Å²) in [7, 11) is 10.1. The Bertz CT molecular complexity index is 2450. The van der Waals surface area contributed by atoms with Gasteiger partial charge >= 0.3 is 5.97 Å². The maximum atomic E-state index is 15.4. The van der Waals surface area contributed by atoms with Crippen LogP contribution in [0.4, 0.5) is 0 Å². The van der Waals surface area contributed by atoms with Gasteiger partial charge in [-0.05, 0) is 101 Å². The maximum Gasteiger partial charge on any atom is 0.303 e. The summed E-state index contributed by atoms with van der Waals surface area (Å²) in [5.41, 5.74) is 0. The number of ether oxygens (including phenoxy) is 1. The maximum absolute atomic E-state index is 15.4. The van der Waals surface area contributed by atoms with E-state index < -0.39 is 156 Å². The molecule has 1 saturated heterocycles. The molecule has 1 aliphatic rings. The number of nitrogens with one attached hydrogen (secondary N) is 4. The van der Waals surface area contributed by atoms with E-state index in [9.17, 15) is 33.6 Å². The zero-order valence-electron chi connectivity index (χ0n) is 57.9. The topological polar surface area (TPSA) is 268 Å². The Hall–Kier alpha value is -6.20. The Balaban J connectivity index is 4.43. The van der Waals surface area contributed by atoms with Crippen LogP contribution >= 0.6 is 12.2 Å². The minimum Gasteiger partial charge on any atom is -0.459 e. The van der Waals surface area contributed by atoms with Crippen LogP contribution in [0, 0.1) is 41.4 Å². The van der Waals surface area contributed by atoms with Gasteiger partial charge in [0.2, 0.25) is 59.1 Å². The summed E-state index contributed by atoms with van der Waals surface area (Å²) >= 11 is 5.79. The third-order valence-electron chi connectivity index (χ3n) is 16.3. The van der Waals surface area contributed by atoms with E-state index in [4.69, 9.17) is 17.0 Å². The molecule has 0 aromatic rings. The first kappa shape index (κ1) is 79.8. The first-order valence-corrected chi connectivity index (χ1v) is 31.9. The molecule has 0 radical (unpaired) electrons. The lowest BCUT2D eigenvalue weighted by Crippen LogP contribution is -2.64. The molecule has 4 N–H and O–H groups in total. The van der Waals surface area contributed by atoms with E-state index >= 15 is 19.2 Å². The molecule has 23 nitrogen and oxygen atoms in total. The molecule has 1 rings (SSSR count). The molecule has 0 aromatic carbocycles. The number of nitrogens with zero attached hydrogens (tertiary/aromatic N) is 7. The average Bonchev–Trinajstić information content (AvgIpc) is 2.69. The SMILES string of the molecule is C/C=C/C[C@@H](C)[C@@H](OC(C)=O)[C@H]1C(=O)N[C@@H](CC)C(=O)N(C)CC(=O)N(C)[C@@H](CC(C)C)C(=O)N[C@@H](C(C)C)C(=O)N(C)[C@@H](CC(C)C)C(=O)N[C@@H](C)C(=S)N[C@H](C)C(=O)N(C)[C@@H](CC(C)C)C(=O)N(C)[C@@H](CC(C)C)C(=O)N(C)[C@@H](C(C)C)C(=O)N1C. The van der Waals surface area contributed by atoms with Gasteiger partial charge in [0.1, 0.15) is 60.5 Å². The van der Waals surface area contributed by atoms with Crippen molar-refractivity contribution < 1.29 is 57.5 Å². The van der Waals surface area contributed by atoms with Crippen molar-refractivity contribution >= 4 is 82.2 Å². The fourth-order valence-electron chi connectivity index (χ4n) is 11.0. The number of carbonyl (C=O) groups is 11. The summed E-state index contributed by atoms with van der Waals surface area (Å²) in [5, 5.41) is 11.6. The van der Waals surface area contributed by atoms with Crippen molar-refractivity contribution in [1.82, 2.24) is 55.6 Å². The number of rotatable bonds is 16. The summed E-state index contributed by atoms with van der Waals surface area (Å²) in [4.78, 5) is 170. The fourth-order valence-corrected chi connectivity index (χ4v) is 11.3. The lowest BCUT2D eigenvalue weighted by molar-refractivity contribution is -0.164. The fraction of sp³-hybridized carbons (Fsp3) is 0.781. The third kappa shape index (κ3) is 22.7. The van der Waals surface area contributed by atoms with Gasteiger partial charge in [-0.1, -0.05) is 121 Å². The van der Waals surface area contributed by atoms with Crippen molar-refractivity contribution in [1.29, 1.82) is 0 Å². The molecular weight excluding hydrogens is 1150 g/mol. The largest absolute Gasteiger partial charge is 0.459 e. The zero-order chi connectivity index (χ0) is 68.3. The smallest absolute Gasteiger partial charge is 0.303 e. The number of allylic oxidation sites excluding steroid dienone is 2. The van der Waals surface area contributed by atoms with Gasteiger partial charge < -0.3 is 60.3 Å². The summed E-state index contributed by atoms with van der Waals surface area (Å²) in [6.45, 7) is 31.1. The van der Waals surface area contributed by atoms with E-state index in [2.05, 4.69) is 21.3 Å². The number of thiocarbonyl (C=S) groups is 1. The molecule has 0 saturated carbocycles. The van der Waals surface area contributed by atoms with Crippen molar-refractivity contribution in [3.8, 4) is 0 Å². The number of likely N-dealkylation sites (N-methyl/N-ethyl adjacent to an activating group) is 7. The molecule has 502 valence electrons. The zero-order valence-corrected chi connectivity index (χ0v) is 58.8. The molecule has 1 heterocycles. The lowest BCUT2D eigenvalue weighted by atomic mass is 9.91. The molecular formula is C64H113N11O12S. The Morgan fingerprint density at radius 3 is 1.40 bits per heavy atom. The summed E-state index contributed by atoms with van der Waals surface area (Å²) < 4.78 is 5.94. The number of hydrogen-bond acceptors (Lipinski definition) is 13. The Morgan fingerprint density at radius 2 is 0.955 bits per heavy atom. The molecule has 88 heavy (non-hydrogen) atoms. The molecule has 0 unspecified atom stereocenters. The molecule has 0 bridgehead atoms. The van der Waals surface area contributed by atoms with Gasteiger partial charge in [0.05, 0.1) is 17.6 Å². The lowest BCUT2D eigenvalue weighted by Gasteiger charge is -2.42. The van der Waals surface area contributed by atoms with Gasteiger partial charge in [0, 0.05) is 56.3 Å². The molecule has 0 aliphatic carbocycles. The Kier molecular flexibility index (Phi) is 33.1. The quantitative estimate of drug-likeness (QED) is 0.0932. The van der Waals surface area contributed by atoms with Gasteiger partial charge in [-0.3, -0.25) is 52.7 Å². The van der Waals surface area contributed by atoms with E-state index in [1.54, 1.807) is 68.4 Å². The highest BCUT2D eigenvalue weighted by Gasteiger charge is 2.47. The van der Waals surface area contributed by atoms with E-state index in [-0.39, 0.29) is 60.8 Å². The van der Waals surface area contributed by atoms with Crippen LogP contribution < -0.4 is 21.3 Å². The highest BCUT2D eigenvalue weighted by molar-refractivity contribution is 7.80. The van der Waals surface area contributed by atoms with Gasteiger partial charge in [-0.15, -0.1) is 0 Å². The van der Waals surface area contributed by atoms with Crippen molar-refractivity contribution in [2.24, 2.45) is 41.4 Å². The van der Waals surface area contributed by atoms with E-state index in [0.29, 0.717) is 6.42 Å². The van der Waals surface area contributed by atoms with Gasteiger partial charge in [0.25, 0.3) is 0 Å². The van der Waals surface area contributed by atoms with Crippen LogP contribution in [0.2, 0.25) is 0 Å². The first-order valence-electron chi connectivity index (χ1n) is 31.4.